The molecule has 1 aliphatic carbocycles. The fourth-order valence-corrected chi connectivity index (χ4v) is 5.16. The van der Waals surface area contributed by atoms with E-state index in [0.29, 0.717) is 24.2 Å². The lowest BCUT2D eigenvalue weighted by molar-refractivity contribution is -0.125. The van der Waals surface area contributed by atoms with Crippen LogP contribution in [-0.2, 0) is 11.2 Å². The molecular weight excluding hydrogens is 447 g/mol. The van der Waals surface area contributed by atoms with E-state index in [1.165, 1.54) is 19.1 Å². The zero-order valence-corrected chi connectivity index (χ0v) is 20.1. The number of carbonyl (C=O) groups excluding carboxylic acids is 3. The first-order valence-electron chi connectivity index (χ1n) is 12.3. The minimum atomic E-state index is -0.284. The molecule has 0 spiro atoms. The molecule has 4 rings (SSSR count). The summed E-state index contributed by atoms with van der Waals surface area (Å²) >= 11 is 0. The van der Waals surface area contributed by atoms with Gasteiger partial charge < -0.3 is 16.0 Å². The maximum absolute atomic E-state index is 13.2. The molecule has 0 bridgehead atoms. The number of hydrogen-bond donors (Lipinski definition) is 3. The summed E-state index contributed by atoms with van der Waals surface area (Å²) < 4.78 is 13.2. The van der Waals surface area contributed by atoms with Gasteiger partial charge in [0.15, 0.2) is 5.78 Å². The lowest BCUT2D eigenvalue weighted by Crippen LogP contribution is -2.57. The van der Waals surface area contributed by atoms with E-state index in [1.807, 2.05) is 0 Å². The molecule has 8 heteroatoms. The zero-order chi connectivity index (χ0) is 24.8. The molecule has 2 fully saturated rings. The van der Waals surface area contributed by atoms with E-state index in [4.69, 9.17) is 0 Å². The lowest BCUT2D eigenvalue weighted by atomic mass is 9.84. The van der Waals surface area contributed by atoms with Crippen molar-refractivity contribution in [2.24, 2.45) is 5.92 Å². The van der Waals surface area contributed by atoms with Crippen LogP contribution in [0.4, 0.5) is 14.9 Å². The molecule has 1 saturated carbocycles. The number of nitrogens with one attached hydrogen (secondary N) is 3. The number of piperazine rings is 1. The van der Waals surface area contributed by atoms with Gasteiger partial charge in [-0.15, -0.1) is 0 Å². The molecule has 1 heterocycles. The van der Waals surface area contributed by atoms with Gasteiger partial charge in [-0.1, -0.05) is 37.1 Å². The molecule has 3 amide bonds. The first-order chi connectivity index (χ1) is 16.9. The molecule has 2 aromatic carbocycles. The smallest absolute Gasteiger partial charge is 0.319 e. The summed E-state index contributed by atoms with van der Waals surface area (Å²) in [5.74, 6) is -0.0820. The summed E-state index contributed by atoms with van der Waals surface area (Å²) in [7, 11) is 0. The summed E-state index contributed by atoms with van der Waals surface area (Å²) in [6, 6.07) is 13.0. The minimum Gasteiger partial charge on any atom is -0.351 e. The number of halogens is 1. The molecule has 2 aromatic rings. The molecule has 0 unspecified atom stereocenters. The SMILES string of the molecule is CC(=O)c1cccc(NC(=O)N[C@@H]2CCCC[C@H]2CN2CC(=O)N[C@@H](Cc3ccc(F)cc3)C2)c1. The van der Waals surface area contributed by atoms with Crippen molar-refractivity contribution in [1.29, 1.82) is 0 Å². The van der Waals surface area contributed by atoms with E-state index in [2.05, 4.69) is 20.9 Å². The molecule has 2 aliphatic rings. The van der Waals surface area contributed by atoms with Crippen LogP contribution in [0, 0.1) is 11.7 Å². The second-order valence-electron chi connectivity index (χ2n) is 9.68. The maximum Gasteiger partial charge on any atom is 0.319 e. The summed E-state index contributed by atoms with van der Waals surface area (Å²) in [5.41, 5.74) is 2.12. The van der Waals surface area contributed by atoms with Crippen LogP contribution >= 0.6 is 0 Å². The first-order valence-corrected chi connectivity index (χ1v) is 12.3. The number of amides is 3. The van der Waals surface area contributed by atoms with E-state index >= 15 is 0 Å². The van der Waals surface area contributed by atoms with Crippen molar-refractivity contribution in [2.45, 2.75) is 51.1 Å². The maximum atomic E-state index is 13.2. The van der Waals surface area contributed by atoms with Crippen LogP contribution in [-0.4, -0.2) is 54.3 Å². The van der Waals surface area contributed by atoms with Gasteiger partial charge in [-0.3, -0.25) is 14.5 Å². The molecule has 0 radical (unpaired) electrons. The Labute approximate surface area is 205 Å². The molecule has 1 saturated heterocycles. The van der Waals surface area contributed by atoms with Crippen LogP contribution in [0.1, 0.15) is 48.5 Å². The summed E-state index contributed by atoms with van der Waals surface area (Å²) in [6.45, 7) is 3.29. The number of Topliss-reactive ketones (excluding diaryl/α,β-unsaturated/α-hetero) is 1. The van der Waals surface area contributed by atoms with Gasteiger partial charge >= 0.3 is 6.03 Å². The van der Waals surface area contributed by atoms with E-state index in [0.717, 1.165) is 44.3 Å². The zero-order valence-electron chi connectivity index (χ0n) is 20.1. The third-order valence-corrected chi connectivity index (χ3v) is 6.85. The van der Waals surface area contributed by atoms with Crippen molar-refractivity contribution in [2.75, 3.05) is 25.0 Å². The number of hydrogen-bond acceptors (Lipinski definition) is 4. The number of urea groups is 1. The largest absolute Gasteiger partial charge is 0.351 e. The Balaban J connectivity index is 1.34. The predicted octanol–water partition coefficient (Wildman–Crippen LogP) is 3.75. The molecule has 3 atom stereocenters. The Morgan fingerprint density at radius 2 is 1.89 bits per heavy atom. The second kappa shape index (κ2) is 11.4. The van der Waals surface area contributed by atoms with Gasteiger partial charge in [-0.2, -0.15) is 0 Å². The highest BCUT2D eigenvalue weighted by atomic mass is 19.1. The molecule has 3 N–H and O–H groups in total. The number of nitrogens with zero attached hydrogens (tertiary/aromatic N) is 1. The molecule has 0 aromatic heterocycles. The first kappa shape index (κ1) is 24.9. The van der Waals surface area contributed by atoms with Crippen LogP contribution in [0.25, 0.3) is 0 Å². The van der Waals surface area contributed by atoms with Gasteiger partial charge in [0.1, 0.15) is 5.82 Å². The third kappa shape index (κ3) is 7.11. The number of rotatable bonds is 7. The number of carbonyl (C=O) groups is 3. The fraction of sp³-hybridized carbons (Fsp3) is 0.444. The van der Waals surface area contributed by atoms with Crippen LogP contribution in [0.5, 0.6) is 0 Å². The standard InChI is InChI=1S/C27H33FN4O3/c1-18(33)20-6-4-7-23(14-20)30-27(35)31-25-8-3-2-5-21(25)15-32-16-24(29-26(34)17-32)13-19-9-11-22(28)12-10-19/h4,6-7,9-12,14,21,24-25H,2-3,5,8,13,15-17H2,1H3,(H,29,34)(H2,30,31,35)/t21-,24-,25+/m0/s1. The van der Waals surface area contributed by atoms with Crippen molar-refractivity contribution >= 4 is 23.4 Å². The fourth-order valence-electron chi connectivity index (χ4n) is 5.16. The number of benzene rings is 2. The van der Waals surface area contributed by atoms with Crippen molar-refractivity contribution in [1.82, 2.24) is 15.5 Å². The average Bonchev–Trinajstić information content (AvgIpc) is 2.81. The molecule has 7 nitrogen and oxygen atoms in total. The second-order valence-corrected chi connectivity index (χ2v) is 9.68. The normalized spacial score (nSPS) is 22.8. The van der Waals surface area contributed by atoms with Crippen LogP contribution in [0.15, 0.2) is 48.5 Å². The summed E-state index contributed by atoms with van der Waals surface area (Å²) in [6.07, 6.45) is 4.69. The Kier molecular flexibility index (Phi) is 8.13. The monoisotopic (exact) mass is 480 g/mol. The Bertz CT molecular complexity index is 1060. The van der Waals surface area contributed by atoms with Crippen molar-refractivity contribution in [3.05, 3.63) is 65.5 Å². The quantitative estimate of drug-likeness (QED) is 0.527. The minimum absolute atomic E-state index is 0.00761. The molecule has 35 heavy (non-hydrogen) atoms. The van der Waals surface area contributed by atoms with Crippen LogP contribution < -0.4 is 16.0 Å². The highest BCUT2D eigenvalue weighted by Gasteiger charge is 2.32. The van der Waals surface area contributed by atoms with E-state index in [1.54, 1.807) is 36.4 Å². The summed E-state index contributed by atoms with van der Waals surface area (Å²) in [5, 5.41) is 9.02. The molecular formula is C27H33FN4O3. The molecule has 186 valence electrons. The summed E-state index contributed by atoms with van der Waals surface area (Å²) in [4.78, 5) is 38.9. The topological polar surface area (TPSA) is 90.5 Å². The highest BCUT2D eigenvalue weighted by molar-refractivity contribution is 5.96. The van der Waals surface area contributed by atoms with Gasteiger partial charge in [0, 0.05) is 36.4 Å². The number of anilines is 1. The van der Waals surface area contributed by atoms with Crippen molar-refractivity contribution in [3.63, 3.8) is 0 Å². The van der Waals surface area contributed by atoms with E-state index in [9.17, 15) is 18.8 Å². The van der Waals surface area contributed by atoms with Gasteiger partial charge in [-0.05, 0) is 61.9 Å². The van der Waals surface area contributed by atoms with E-state index < -0.39 is 0 Å². The number of ketones is 1. The van der Waals surface area contributed by atoms with Gasteiger partial charge in [0.25, 0.3) is 0 Å². The van der Waals surface area contributed by atoms with Crippen molar-refractivity contribution < 1.29 is 18.8 Å². The van der Waals surface area contributed by atoms with Crippen LogP contribution in [0.3, 0.4) is 0 Å². The van der Waals surface area contributed by atoms with Gasteiger partial charge in [-0.25, -0.2) is 9.18 Å². The van der Waals surface area contributed by atoms with E-state index in [-0.39, 0.29) is 41.5 Å². The average molecular weight is 481 g/mol. The Morgan fingerprint density at radius 3 is 2.66 bits per heavy atom. The Morgan fingerprint density at radius 1 is 1.11 bits per heavy atom. The third-order valence-electron chi connectivity index (χ3n) is 6.85. The van der Waals surface area contributed by atoms with Gasteiger partial charge in [0.2, 0.25) is 5.91 Å². The molecule has 1 aliphatic heterocycles. The predicted molar refractivity (Wildman–Crippen MR) is 133 cm³/mol. The van der Waals surface area contributed by atoms with Gasteiger partial charge in [0.05, 0.1) is 6.54 Å². The Hall–Kier alpha value is -3.26. The lowest BCUT2D eigenvalue weighted by Gasteiger charge is -2.39. The highest BCUT2D eigenvalue weighted by Crippen LogP contribution is 2.26. The van der Waals surface area contributed by atoms with Crippen LogP contribution in [0.2, 0.25) is 0 Å². The van der Waals surface area contributed by atoms with Crippen molar-refractivity contribution in [3.8, 4) is 0 Å².